The summed E-state index contributed by atoms with van der Waals surface area (Å²) in [5.41, 5.74) is -0.864. The Bertz CT molecular complexity index is 4420. The molecule has 114 heavy (non-hydrogen) atoms. The van der Waals surface area contributed by atoms with E-state index in [4.69, 9.17) is 37.9 Å². The number of esters is 8. The number of non-ortho nitro benzene ring substituents is 8. The van der Waals surface area contributed by atoms with Gasteiger partial charge in [0.25, 0.3) is 45.5 Å². The lowest BCUT2D eigenvalue weighted by atomic mass is 10.1. The van der Waals surface area contributed by atoms with Gasteiger partial charge in [0, 0.05) is 123 Å². The molecule has 0 N–H and O–H groups in total. The Morgan fingerprint density at radius 3 is 0.465 bits per heavy atom. The van der Waals surface area contributed by atoms with E-state index >= 15 is 0 Å². The van der Waals surface area contributed by atoms with Crippen LogP contribution in [0.1, 0.15) is 103 Å². The van der Waals surface area contributed by atoms with Gasteiger partial charge in [0.05, 0.1) is 65.1 Å². The van der Waals surface area contributed by atoms with Gasteiger partial charge in [-0.25, -0.2) is 0 Å². The molecule has 0 amide bonds. The molecule has 0 aliphatic carbocycles. The van der Waals surface area contributed by atoms with Crippen LogP contribution in [-0.4, -0.2) is 87.1 Å². The molecule has 40 heteroatoms. The van der Waals surface area contributed by atoms with E-state index in [1.165, 1.54) is 206 Å². The first kappa shape index (κ1) is 89.1. The van der Waals surface area contributed by atoms with Crippen LogP contribution in [0.5, 0.6) is 46.0 Å². The number of carbonyl (C=O) groups is 8. The predicted molar refractivity (Wildman–Crippen MR) is 393 cm³/mol. The second kappa shape index (κ2) is 47.3. The van der Waals surface area contributed by atoms with E-state index < -0.39 is 75.2 Å². The van der Waals surface area contributed by atoms with E-state index in [0.717, 1.165) is 25.7 Å². The average Bonchev–Trinajstić information content (AvgIpc) is 0.955. The van der Waals surface area contributed by atoms with Crippen molar-refractivity contribution >= 4 is 93.3 Å². The van der Waals surface area contributed by atoms with E-state index in [1.54, 1.807) is 0 Å². The fourth-order valence-corrected chi connectivity index (χ4v) is 8.88. The van der Waals surface area contributed by atoms with Crippen LogP contribution in [0.2, 0.25) is 0 Å². The summed E-state index contributed by atoms with van der Waals surface area (Å²) < 4.78 is 40.3. The molecule has 0 bridgehead atoms. The lowest BCUT2D eigenvalue weighted by molar-refractivity contribution is -0.385. The standard InChI is InChI=1S/C22H24N2O8.C18H16N2O8.C18H14N2O8.C16H12N2O8/c25-21(31-19-13-9-17(10-14-19)23(27)28)7-5-3-1-2-4-6-8-22(26)32-20-15-11-18(12-16-20)24(29)30;2*21-17(27-15-9-5-13(6-10-15)19(23)24)3-1-2-4-18(22)28-16-11-7-14(8-12-16)20(25)26;19-15(25-13-5-1-11(2-6-13)17(21)22)9-10-16(20)26-14-7-3-12(4-8-14)18(23)24/h9-16H,1-8H2;5-12H,1-4H2;1-2,5-12H,3-4H2;1-8H,9-10H2/b;;2-1+;. The van der Waals surface area contributed by atoms with Crippen molar-refractivity contribution in [3.8, 4) is 46.0 Å². The van der Waals surface area contributed by atoms with Crippen LogP contribution >= 0.6 is 0 Å². The lowest BCUT2D eigenvalue weighted by Gasteiger charge is -2.05. The van der Waals surface area contributed by atoms with Gasteiger partial charge >= 0.3 is 47.8 Å². The molecule has 0 heterocycles. The summed E-state index contributed by atoms with van der Waals surface area (Å²) in [4.78, 5) is 174. The molecular formula is C74H66N8O32. The number of ether oxygens (including phenoxy) is 8. The van der Waals surface area contributed by atoms with Gasteiger partial charge in [-0.3, -0.25) is 119 Å². The molecule has 0 saturated carbocycles. The Hall–Kier alpha value is -15.5. The molecule has 0 aliphatic heterocycles. The number of nitrogens with zero attached hydrogens (tertiary/aromatic N) is 8. The van der Waals surface area contributed by atoms with Gasteiger partial charge in [-0.1, -0.05) is 37.8 Å². The van der Waals surface area contributed by atoms with Crippen LogP contribution in [0.3, 0.4) is 0 Å². The number of nitro groups is 8. The number of carbonyl (C=O) groups excluding carboxylic acids is 8. The zero-order chi connectivity index (χ0) is 83.5. The largest absolute Gasteiger partial charge is 0.427 e. The molecule has 0 atom stereocenters. The minimum atomic E-state index is -0.709. The Labute approximate surface area is 642 Å². The van der Waals surface area contributed by atoms with Crippen molar-refractivity contribution in [1.29, 1.82) is 0 Å². The highest BCUT2D eigenvalue weighted by molar-refractivity contribution is 5.81. The van der Waals surface area contributed by atoms with Crippen LogP contribution in [-0.2, 0) is 38.4 Å². The van der Waals surface area contributed by atoms with Crippen LogP contribution in [0.15, 0.2) is 206 Å². The number of hydrogen-bond acceptors (Lipinski definition) is 32. The molecular weight excluding hydrogens is 1510 g/mol. The first-order valence-corrected chi connectivity index (χ1v) is 33.7. The molecule has 0 unspecified atom stereocenters. The minimum absolute atomic E-state index is 0.0654. The molecule has 0 aliphatic rings. The van der Waals surface area contributed by atoms with Gasteiger partial charge in [0.15, 0.2) is 0 Å². The third-order valence-corrected chi connectivity index (χ3v) is 14.5. The summed E-state index contributed by atoms with van der Waals surface area (Å²) in [6.45, 7) is 0. The van der Waals surface area contributed by atoms with Crippen LogP contribution < -0.4 is 37.9 Å². The summed E-state index contributed by atoms with van der Waals surface area (Å²) in [6.07, 6.45) is 8.44. The van der Waals surface area contributed by atoms with E-state index in [9.17, 15) is 119 Å². The normalized spacial score (nSPS) is 10.2. The van der Waals surface area contributed by atoms with Crippen molar-refractivity contribution < 1.29 is 116 Å². The van der Waals surface area contributed by atoms with Gasteiger partial charge in [0.2, 0.25) is 0 Å². The fraction of sp³-hybridized carbons (Fsp3) is 0.216. The number of rotatable bonds is 37. The SMILES string of the molecule is O=C(C/C=C/CC(=O)Oc1ccc([N+](=O)[O-])cc1)Oc1ccc([N+](=O)[O-])cc1.O=C(CCC(=O)Oc1ccc([N+](=O)[O-])cc1)Oc1ccc([N+](=O)[O-])cc1.O=C(CCCCC(=O)Oc1ccc([N+](=O)[O-])cc1)Oc1ccc([N+](=O)[O-])cc1.O=C(CCCCCCCCC(=O)Oc1ccc([N+](=O)[O-])cc1)Oc1ccc([N+](=O)[O-])cc1. The van der Waals surface area contributed by atoms with Gasteiger partial charge in [-0.2, -0.15) is 0 Å². The Morgan fingerprint density at radius 2 is 0.316 bits per heavy atom. The van der Waals surface area contributed by atoms with Crippen LogP contribution in [0.25, 0.3) is 0 Å². The van der Waals surface area contributed by atoms with E-state index in [0.29, 0.717) is 25.7 Å². The average molecular weight is 1580 g/mol. The van der Waals surface area contributed by atoms with Crippen LogP contribution in [0, 0.1) is 80.9 Å². The molecule has 0 radical (unpaired) electrons. The smallest absolute Gasteiger partial charge is 0.315 e. The molecule has 0 saturated heterocycles. The summed E-state index contributed by atoms with van der Waals surface area (Å²) >= 11 is 0. The number of hydrogen-bond donors (Lipinski definition) is 0. The van der Waals surface area contributed by atoms with Crippen molar-refractivity contribution in [3.63, 3.8) is 0 Å². The second-order valence-corrected chi connectivity index (χ2v) is 23.0. The number of nitro benzene ring substituents is 8. The fourth-order valence-electron chi connectivity index (χ4n) is 8.88. The molecule has 8 aromatic carbocycles. The summed E-state index contributed by atoms with van der Waals surface area (Å²) in [7, 11) is 0. The van der Waals surface area contributed by atoms with Gasteiger partial charge in [-0.15, -0.1) is 0 Å². The Morgan fingerprint density at radius 1 is 0.193 bits per heavy atom. The van der Waals surface area contributed by atoms with Gasteiger partial charge in [0.1, 0.15) is 46.0 Å². The first-order valence-electron chi connectivity index (χ1n) is 33.7. The Balaban J connectivity index is 0.000000272. The van der Waals surface area contributed by atoms with Gasteiger partial charge in [-0.05, 0) is 123 Å². The van der Waals surface area contributed by atoms with Crippen molar-refractivity contribution in [2.75, 3.05) is 0 Å². The lowest BCUT2D eigenvalue weighted by Crippen LogP contribution is -2.14. The topological polar surface area (TPSA) is 556 Å². The highest BCUT2D eigenvalue weighted by Crippen LogP contribution is 2.26. The predicted octanol–water partition coefficient (Wildman–Crippen LogP) is 14.9. The van der Waals surface area contributed by atoms with E-state index in [-0.39, 0.29) is 155 Å². The quantitative estimate of drug-likeness (QED) is 0.00871. The maximum absolute atomic E-state index is 11.8. The second-order valence-electron chi connectivity index (χ2n) is 23.0. The van der Waals surface area contributed by atoms with E-state index in [2.05, 4.69) is 0 Å². The van der Waals surface area contributed by atoms with Crippen molar-refractivity contribution in [3.05, 3.63) is 287 Å². The molecule has 8 rings (SSSR count). The minimum Gasteiger partial charge on any atom is -0.427 e. The third-order valence-electron chi connectivity index (χ3n) is 14.5. The summed E-state index contributed by atoms with van der Waals surface area (Å²) in [5.74, 6) is -2.89. The first-order chi connectivity index (χ1) is 54.4. The molecule has 0 aromatic heterocycles. The number of benzene rings is 8. The number of unbranched alkanes of at least 4 members (excludes halogenated alkanes) is 6. The highest BCUT2D eigenvalue weighted by Gasteiger charge is 2.18. The van der Waals surface area contributed by atoms with Crippen molar-refractivity contribution in [1.82, 2.24) is 0 Å². The summed E-state index contributed by atoms with van der Waals surface area (Å²) in [5, 5.41) is 84.4. The molecule has 0 spiro atoms. The summed E-state index contributed by atoms with van der Waals surface area (Å²) in [6, 6.07) is 40.9. The molecule has 594 valence electrons. The highest BCUT2D eigenvalue weighted by atomic mass is 16.7. The van der Waals surface area contributed by atoms with Gasteiger partial charge < -0.3 is 37.9 Å². The van der Waals surface area contributed by atoms with Crippen molar-refractivity contribution in [2.24, 2.45) is 0 Å². The van der Waals surface area contributed by atoms with Crippen LogP contribution in [0.4, 0.5) is 45.5 Å². The third kappa shape index (κ3) is 35.0. The maximum Gasteiger partial charge on any atom is 0.315 e. The molecule has 0 fully saturated rings. The zero-order valence-electron chi connectivity index (χ0n) is 59.6. The maximum atomic E-state index is 11.8. The van der Waals surface area contributed by atoms with E-state index in [1.807, 2.05) is 0 Å². The Kier molecular flexibility index (Phi) is 37.0. The molecule has 8 aromatic rings. The zero-order valence-corrected chi connectivity index (χ0v) is 59.6. The van der Waals surface area contributed by atoms with Crippen molar-refractivity contribution in [2.45, 2.75) is 103 Å². The molecule has 40 nitrogen and oxygen atoms in total. The monoisotopic (exact) mass is 1580 g/mol.